The molecule has 0 saturated heterocycles. The van der Waals surface area contributed by atoms with Gasteiger partial charge in [-0.3, -0.25) is 13.9 Å². The van der Waals surface area contributed by atoms with Crippen molar-refractivity contribution in [1.82, 2.24) is 10.2 Å². The van der Waals surface area contributed by atoms with Crippen LogP contribution < -0.4 is 9.62 Å². The Bertz CT molecular complexity index is 1620. The fraction of sp³-hybridized carbons (Fsp3) is 0.212. The molecule has 4 aromatic carbocycles. The van der Waals surface area contributed by atoms with Crippen LogP contribution in [0.25, 0.3) is 0 Å². The molecule has 0 fully saturated rings. The van der Waals surface area contributed by atoms with Gasteiger partial charge in [-0.05, 0) is 60.0 Å². The van der Waals surface area contributed by atoms with Crippen LogP contribution in [0.4, 0.5) is 5.69 Å². The van der Waals surface area contributed by atoms with Crippen LogP contribution >= 0.6 is 27.5 Å². The van der Waals surface area contributed by atoms with E-state index in [1.54, 1.807) is 66.7 Å². The number of benzene rings is 4. The van der Waals surface area contributed by atoms with Crippen molar-refractivity contribution in [2.24, 2.45) is 0 Å². The zero-order valence-electron chi connectivity index (χ0n) is 23.7. The molecule has 7 nitrogen and oxygen atoms in total. The minimum atomic E-state index is -4.15. The molecule has 1 N–H and O–H groups in total. The van der Waals surface area contributed by atoms with Crippen LogP contribution in [0.3, 0.4) is 0 Å². The molecular weight excluding hydrogens is 650 g/mol. The number of halogens is 2. The third kappa shape index (κ3) is 8.69. The number of nitrogens with one attached hydrogen (secondary N) is 1. The van der Waals surface area contributed by atoms with Gasteiger partial charge in [0.05, 0.1) is 10.6 Å². The van der Waals surface area contributed by atoms with Crippen molar-refractivity contribution >= 4 is 55.1 Å². The SMILES string of the molecule is CCCNC(=O)C(Cc1ccccc1)N(Cc1ccc(Cl)cc1)C(=O)CN(c1cccc(Br)c1)S(=O)(=O)c1ccccc1. The Labute approximate surface area is 266 Å². The van der Waals surface area contributed by atoms with Gasteiger partial charge in [-0.1, -0.05) is 101 Å². The molecule has 4 rings (SSSR count). The minimum Gasteiger partial charge on any atom is -0.354 e. The van der Waals surface area contributed by atoms with E-state index >= 15 is 0 Å². The van der Waals surface area contributed by atoms with Crippen LogP contribution in [-0.2, 0) is 32.6 Å². The van der Waals surface area contributed by atoms with Crippen molar-refractivity contribution in [3.05, 3.63) is 130 Å². The maximum absolute atomic E-state index is 14.4. The van der Waals surface area contributed by atoms with Crippen LogP contribution in [0, 0.1) is 0 Å². The standard InChI is InChI=1S/C33H33BrClN3O4S/c1-2-20-36-33(40)31(21-25-10-5-3-6-11-25)37(23-26-16-18-28(35)19-17-26)32(39)24-38(29-13-9-12-27(34)22-29)43(41,42)30-14-7-4-8-15-30/h3-19,22,31H,2,20-21,23-24H2,1H3,(H,36,40). The largest absolute Gasteiger partial charge is 0.354 e. The Morgan fingerprint density at radius 3 is 2.14 bits per heavy atom. The van der Waals surface area contributed by atoms with E-state index in [9.17, 15) is 18.0 Å². The second-order valence-electron chi connectivity index (χ2n) is 9.95. The summed E-state index contributed by atoms with van der Waals surface area (Å²) in [6, 6.07) is 30.3. The van der Waals surface area contributed by atoms with E-state index in [2.05, 4.69) is 21.2 Å². The Hall–Kier alpha value is -3.66. The minimum absolute atomic E-state index is 0.0496. The van der Waals surface area contributed by atoms with Gasteiger partial charge in [-0.2, -0.15) is 0 Å². The Kier molecular flexibility index (Phi) is 11.4. The summed E-state index contributed by atoms with van der Waals surface area (Å²) in [5.74, 6) is -0.838. The summed E-state index contributed by atoms with van der Waals surface area (Å²) in [7, 11) is -4.15. The normalized spacial score (nSPS) is 11.9. The predicted octanol–water partition coefficient (Wildman–Crippen LogP) is 6.46. The van der Waals surface area contributed by atoms with Gasteiger partial charge in [-0.15, -0.1) is 0 Å². The third-order valence-corrected chi connectivity index (χ3v) is 9.33. The van der Waals surface area contributed by atoms with E-state index in [1.165, 1.54) is 17.0 Å². The van der Waals surface area contributed by atoms with E-state index in [1.807, 2.05) is 37.3 Å². The summed E-state index contributed by atoms with van der Waals surface area (Å²) in [5.41, 5.74) is 1.93. The number of carbonyl (C=O) groups is 2. The predicted molar refractivity (Wildman–Crippen MR) is 174 cm³/mol. The van der Waals surface area contributed by atoms with Gasteiger partial charge < -0.3 is 10.2 Å². The molecule has 0 bridgehead atoms. The van der Waals surface area contributed by atoms with E-state index < -0.39 is 28.5 Å². The van der Waals surface area contributed by atoms with Crippen molar-refractivity contribution in [2.45, 2.75) is 37.2 Å². The molecule has 224 valence electrons. The first-order valence-electron chi connectivity index (χ1n) is 13.9. The number of sulfonamides is 1. The second kappa shape index (κ2) is 15.2. The summed E-state index contributed by atoms with van der Waals surface area (Å²) in [6.45, 7) is 1.95. The first-order chi connectivity index (χ1) is 20.7. The highest BCUT2D eigenvalue weighted by Crippen LogP contribution is 2.27. The number of anilines is 1. The highest BCUT2D eigenvalue weighted by atomic mass is 79.9. The van der Waals surface area contributed by atoms with Gasteiger partial charge in [0.1, 0.15) is 12.6 Å². The number of hydrogen-bond acceptors (Lipinski definition) is 4. The van der Waals surface area contributed by atoms with Crippen LogP contribution in [0.15, 0.2) is 119 Å². The molecule has 43 heavy (non-hydrogen) atoms. The van der Waals surface area contributed by atoms with E-state index in [0.29, 0.717) is 21.7 Å². The fourth-order valence-electron chi connectivity index (χ4n) is 4.59. The summed E-state index contributed by atoms with van der Waals surface area (Å²) in [5, 5.41) is 3.48. The fourth-order valence-corrected chi connectivity index (χ4v) is 6.53. The zero-order valence-corrected chi connectivity index (χ0v) is 26.9. The lowest BCUT2D eigenvalue weighted by Gasteiger charge is -2.34. The van der Waals surface area contributed by atoms with Crippen molar-refractivity contribution in [3.63, 3.8) is 0 Å². The summed E-state index contributed by atoms with van der Waals surface area (Å²) in [6.07, 6.45) is 0.971. The molecule has 0 radical (unpaired) electrons. The molecule has 0 saturated carbocycles. The highest BCUT2D eigenvalue weighted by Gasteiger charge is 2.34. The van der Waals surface area contributed by atoms with Crippen molar-refractivity contribution in [3.8, 4) is 0 Å². The van der Waals surface area contributed by atoms with Crippen molar-refractivity contribution in [1.29, 1.82) is 0 Å². The molecule has 0 aliphatic rings. The highest BCUT2D eigenvalue weighted by molar-refractivity contribution is 9.10. The maximum Gasteiger partial charge on any atom is 0.264 e. The Balaban J connectivity index is 1.78. The van der Waals surface area contributed by atoms with Crippen LogP contribution in [-0.4, -0.2) is 44.3 Å². The second-order valence-corrected chi connectivity index (χ2v) is 13.2. The average molecular weight is 683 g/mol. The number of hydrogen-bond donors (Lipinski definition) is 1. The van der Waals surface area contributed by atoms with Gasteiger partial charge in [0, 0.05) is 29.0 Å². The molecule has 0 spiro atoms. The smallest absolute Gasteiger partial charge is 0.264 e. The molecule has 10 heteroatoms. The van der Waals surface area contributed by atoms with Crippen molar-refractivity contribution < 1.29 is 18.0 Å². The monoisotopic (exact) mass is 681 g/mol. The van der Waals surface area contributed by atoms with Gasteiger partial charge in [0.15, 0.2) is 0 Å². The first kappa shape index (κ1) is 32.3. The molecule has 1 atom stereocenters. The molecule has 1 unspecified atom stereocenters. The lowest BCUT2D eigenvalue weighted by atomic mass is 10.0. The van der Waals surface area contributed by atoms with Gasteiger partial charge in [0.25, 0.3) is 10.0 Å². The molecule has 0 aliphatic carbocycles. The average Bonchev–Trinajstić information content (AvgIpc) is 3.02. The Morgan fingerprint density at radius 1 is 0.860 bits per heavy atom. The van der Waals surface area contributed by atoms with Gasteiger partial charge >= 0.3 is 0 Å². The van der Waals surface area contributed by atoms with Crippen LogP contribution in [0.1, 0.15) is 24.5 Å². The van der Waals surface area contributed by atoms with Gasteiger partial charge in [0.2, 0.25) is 11.8 Å². The van der Waals surface area contributed by atoms with Crippen LogP contribution in [0.2, 0.25) is 5.02 Å². The van der Waals surface area contributed by atoms with Gasteiger partial charge in [-0.25, -0.2) is 8.42 Å². The summed E-state index contributed by atoms with van der Waals surface area (Å²) in [4.78, 5) is 29.5. The molecular formula is C33H33BrClN3O4S. The molecule has 0 aromatic heterocycles. The van der Waals surface area contributed by atoms with Crippen LogP contribution in [0.5, 0.6) is 0 Å². The molecule has 4 aromatic rings. The number of amides is 2. The van der Waals surface area contributed by atoms with E-state index in [0.717, 1.165) is 21.9 Å². The third-order valence-electron chi connectivity index (χ3n) is 6.79. The Morgan fingerprint density at radius 2 is 1.51 bits per heavy atom. The van der Waals surface area contributed by atoms with Crippen molar-refractivity contribution in [2.75, 3.05) is 17.4 Å². The summed E-state index contributed by atoms with van der Waals surface area (Å²) >= 11 is 9.55. The molecule has 2 amide bonds. The topological polar surface area (TPSA) is 86.8 Å². The lowest BCUT2D eigenvalue weighted by molar-refractivity contribution is -0.140. The quantitative estimate of drug-likeness (QED) is 0.175. The van der Waals surface area contributed by atoms with E-state index in [4.69, 9.17) is 11.6 Å². The summed E-state index contributed by atoms with van der Waals surface area (Å²) < 4.78 is 29.7. The molecule has 0 aliphatic heterocycles. The number of carbonyl (C=O) groups excluding carboxylic acids is 2. The number of rotatable bonds is 13. The number of nitrogens with zero attached hydrogens (tertiary/aromatic N) is 2. The zero-order chi connectivity index (χ0) is 30.8. The van der Waals surface area contributed by atoms with E-state index in [-0.39, 0.29) is 23.8 Å². The molecule has 0 heterocycles. The first-order valence-corrected chi connectivity index (χ1v) is 16.5. The lowest BCUT2D eigenvalue weighted by Crippen LogP contribution is -2.53. The maximum atomic E-state index is 14.4.